The fourth-order valence-corrected chi connectivity index (χ4v) is 1.80. The van der Waals surface area contributed by atoms with Crippen LogP contribution in [0.4, 0.5) is 0 Å². The van der Waals surface area contributed by atoms with Gasteiger partial charge in [0.15, 0.2) is 0 Å². The summed E-state index contributed by atoms with van der Waals surface area (Å²) in [6, 6.07) is 14.2. The van der Waals surface area contributed by atoms with Gasteiger partial charge in [-0.25, -0.2) is 4.79 Å². The van der Waals surface area contributed by atoms with Gasteiger partial charge in [0, 0.05) is 6.04 Å². The molecule has 0 spiro atoms. The summed E-state index contributed by atoms with van der Waals surface area (Å²) in [5.41, 5.74) is 8.03. The number of carbonyl (C=O) groups is 1. The minimum absolute atomic E-state index is 0.0339. The fourth-order valence-electron chi connectivity index (χ4n) is 1.80. The highest BCUT2D eigenvalue weighted by Crippen LogP contribution is 2.18. The molecule has 2 aromatic carbocycles. The number of hydrogen-bond acceptors (Lipinski definition) is 3. The van der Waals surface area contributed by atoms with E-state index in [1.165, 1.54) is 0 Å². The Morgan fingerprint density at radius 2 is 1.95 bits per heavy atom. The third-order valence-electron chi connectivity index (χ3n) is 2.99. The number of benzene rings is 2. The highest BCUT2D eigenvalue weighted by atomic mass is 16.5. The first kappa shape index (κ1) is 14.1. The first-order valence-corrected chi connectivity index (χ1v) is 6.37. The van der Waals surface area contributed by atoms with Crippen LogP contribution in [0.5, 0.6) is 5.75 Å². The van der Waals surface area contributed by atoms with Gasteiger partial charge >= 0.3 is 5.97 Å². The summed E-state index contributed by atoms with van der Waals surface area (Å²) < 4.78 is 5.68. The first-order valence-electron chi connectivity index (χ1n) is 6.37. The Hall–Kier alpha value is -2.33. The number of rotatable bonds is 5. The highest BCUT2D eigenvalue weighted by molar-refractivity contribution is 5.87. The number of carboxylic acids is 1. The molecule has 4 heteroatoms. The Morgan fingerprint density at radius 1 is 1.25 bits per heavy atom. The number of nitrogens with two attached hydrogens (primary N) is 1. The fraction of sp³-hybridized carbons (Fsp3) is 0.188. The van der Waals surface area contributed by atoms with Gasteiger partial charge in [0.1, 0.15) is 12.4 Å². The molecule has 0 unspecified atom stereocenters. The summed E-state index contributed by atoms with van der Waals surface area (Å²) in [4.78, 5) is 10.7. The Labute approximate surface area is 117 Å². The van der Waals surface area contributed by atoms with Crippen molar-refractivity contribution in [3.8, 4) is 5.75 Å². The lowest BCUT2D eigenvalue weighted by Crippen LogP contribution is -2.05. The molecule has 0 amide bonds. The van der Waals surface area contributed by atoms with E-state index < -0.39 is 5.97 Å². The van der Waals surface area contributed by atoms with Crippen LogP contribution in [0.2, 0.25) is 0 Å². The van der Waals surface area contributed by atoms with E-state index in [2.05, 4.69) is 0 Å². The molecule has 0 saturated heterocycles. The normalized spacial score (nSPS) is 11.9. The van der Waals surface area contributed by atoms with Crippen molar-refractivity contribution in [1.82, 2.24) is 0 Å². The minimum atomic E-state index is -0.929. The molecule has 3 N–H and O–H groups in total. The third kappa shape index (κ3) is 3.59. The van der Waals surface area contributed by atoms with Crippen LogP contribution < -0.4 is 10.5 Å². The summed E-state index contributed by atoms with van der Waals surface area (Å²) in [6.07, 6.45) is 0. The van der Waals surface area contributed by atoms with E-state index in [1.807, 2.05) is 31.2 Å². The van der Waals surface area contributed by atoms with Crippen LogP contribution >= 0.6 is 0 Å². The predicted octanol–water partition coefficient (Wildman–Crippen LogP) is 2.98. The second-order valence-electron chi connectivity index (χ2n) is 4.65. The lowest BCUT2D eigenvalue weighted by molar-refractivity contribution is 0.0697. The number of aromatic carboxylic acids is 1. The third-order valence-corrected chi connectivity index (χ3v) is 2.99. The van der Waals surface area contributed by atoms with E-state index in [1.54, 1.807) is 24.3 Å². The van der Waals surface area contributed by atoms with E-state index >= 15 is 0 Å². The van der Waals surface area contributed by atoms with Crippen LogP contribution in [0.15, 0.2) is 48.5 Å². The standard InChI is InChI=1S/C16H17NO3/c1-11(17)14-3-2-4-15(9-14)20-10-12-5-7-13(8-6-12)16(18)19/h2-9,11H,10,17H2,1H3,(H,18,19)/t11-/m1/s1. The van der Waals surface area contributed by atoms with Gasteiger partial charge in [-0.2, -0.15) is 0 Å². The zero-order valence-corrected chi connectivity index (χ0v) is 11.2. The molecule has 2 aromatic rings. The maximum absolute atomic E-state index is 10.7. The molecular formula is C16H17NO3. The molecule has 0 radical (unpaired) electrons. The molecule has 0 bridgehead atoms. The Bertz CT molecular complexity index is 591. The summed E-state index contributed by atoms with van der Waals surface area (Å²) in [6.45, 7) is 2.31. The van der Waals surface area contributed by atoms with Crippen molar-refractivity contribution in [2.75, 3.05) is 0 Å². The second-order valence-corrected chi connectivity index (χ2v) is 4.65. The molecule has 0 aromatic heterocycles. The van der Waals surface area contributed by atoms with E-state index in [4.69, 9.17) is 15.6 Å². The van der Waals surface area contributed by atoms with Crippen molar-refractivity contribution in [3.63, 3.8) is 0 Å². The first-order chi connectivity index (χ1) is 9.56. The largest absolute Gasteiger partial charge is 0.489 e. The van der Waals surface area contributed by atoms with Crippen molar-refractivity contribution in [2.45, 2.75) is 19.6 Å². The maximum atomic E-state index is 10.7. The van der Waals surface area contributed by atoms with Crippen LogP contribution in [-0.2, 0) is 6.61 Å². The van der Waals surface area contributed by atoms with Gasteiger partial charge in [-0.1, -0.05) is 24.3 Å². The summed E-state index contributed by atoms with van der Waals surface area (Å²) in [5, 5.41) is 8.82. The van der Waals surface area contributed by atoms with Crippen LogP contribution in [0.25, 0.3) is 0 Å². The SMILES string of the molecule is C[C@@H](N)c1cccc(OCc2ccc(C(=O)O)cc2)c1. The molecule has 0 heterocycles. The number of ether oxygens (including phenoxy) is 1. The van der Waals surface area contributed by atoms with Gasteiger partial charge < -0.3 is 15.6 Å². The monoisotopic (exact) mass is 271 g/mol. The molecule has 0 aliphatic rings. The molecule has 2 rings (SSSR count). The lowest BCUT2D eigenvalue weighted by atomic mass is 10.1. The molecule has 20 heavy (non-hydrogen) atoms. The maximum Gasteiger partial charge on any atom is 0.335 e. The van der Waals surface area contributed by atoms with Gasteiger partial charge in [-0.05, 0) is 42.3 Å². The smallest absolute Gasteiger partial charge is 0.335 e. The zero-order chi connectivity index (χ0) is 14.5. The van der Waals surface area contributed by atoms with Crippen molar-refractivity contribution in [3.05, 3.63) is 65.2 Å². The number of carboxylic acid groups (broad SMARTS) is 1. The van der Waals surface area contributed by atoms with Crippen molar-refractivity contribution in [1.29, 1.82) is 0 Å². The van der Waals surface area contributed by atoms with E-state index in [0.29, 0.717) is 6.61 Å². The lowest BCUT2D eigenvalue weighted by Gasteiger charge is -2.10. The molecule has 4 nitrogen and oxygen atoms in total. The molecule has 104 valence electrons. The zero-order valence-electron chi connectivity index (χ0n) is 11.2. The van der Waals surface area contributed by atoms with Crippen molar-refractivity contribution in [2.24, 2.45) is 5.73 Å². The van der Waals surface area contributed by atoms with E-state index in [0.717, 1.165) is 16.9 Å². The Kier molecular flexibility index (Phi) is 4.38. The molecule has 0 aliphatic carbocycles. The molecule has 0 aliphatic heterocycles. The summed E-state index contributed by atoms with van der Waals surface area (Å²) in [5.74, 6) is -0.177. The van der Waals surface area contributed by atoms with Gasteiger partial charge in [-0.3, -0.25) is 0 Å². The minimum Gasteiger partial charge on any atom is -0.489 e. The van der Waals surface area contributed by atoms with Crippen molar-refractivity contribution >= 4 is 5.97 Å². The van der Waals surface area contributed by atoms with Crippen LogP contribution in [0, 0.1) is 0 Å². The van der Waals surface area contributed by atoms with Gasteiger partial charge in [0.25, 0.3) is 0 Å². The molecule has 1 atom stereocenters. The number of hydrogen-bond donors (Lipinski definition) is 2. The van der Waals surface area contributed by atoms with E-state index in [9.17, 15) is 4.79 Å². The van der Waals surface area contributed by atoms with E-state index in [-0.39, 0.29) is 11.6 Å². The topological polar surface area (TPSA) is 72.5 Å². The molecule has 0 saturated carbocycles. The van der Waals surface area contributed by atoms with Gasteiger partial charge in [-0.15, -0.1) is 0 Å². The van der Waals surface area contributed by atoms with Gasteiger partial charge in [0.2, 0.25) is 0 Å². The highest BCUT2D eigenvalue weighted by Gasteiger charge is 2.04. The Morgan fingerprint density at radius 3 is 2.55 bits per heavy atom. The predicted molar refractivity (Wildman–Crippen MR) is 76.8 cm³/mol. The Balaban J connectivity index is 2.01. The summed E-state index contributed by atoms with van der Waals surface area (Å²) in [7, 11) is 0. The van der Waals surface area contributed by atoms with Gasteiger partial charge in [0.05, 0.1) is 5.56 Å². The summed E-state index contributed by atoms with van der Waals surface area (Å²) >= 11 is 0. The van der Waals surface area contributed by atoms with Crippen LogP contribution in [-0.4, -0.2) is 11.1 Å². The quantitative estimate of drug-likeness (QED) is 0.876. The average molecular weight is 271 g/mol. The molecular weight excluding hydrogens is 254 g/mol. The molecule has 0 fully saturated rings. The van der Waals surface area contributed by atoms with Crippen LogP contribution in [0.3, 0.4) is 0 Å². The van der Waals surface area contributed by atoms with Crippen molar-refractivity contribution < 1.29 is 14.6 Å². The second kappa shape index (κ2) is 6.21. The van der Waals surface area contributed by atoms with Crippen LogP contribution in [0.1, 0.15) is 34.5 Å². The average Bonchev–Trinajstić information content (AvgIpc) is 2.46.